The van der Waals surface area contributed by atoms with E-state index in [9.17, 15) is 14.4 Å². The molecule has 3 rings (SSSR count). The third-order valence-electron chi connectivity index (χ3n) is 4.62. The van der Waals surface area contributed by atoms with E-state index in [1.165, 1.54) is 6.92 Å². The molecule has 6 nitrogen and oxygen atoms in total. The number of benzene rings is 2. The Labute approximate surface area is 168 Å². The van der Waals surface area contributed by atoms with E-state index in [0.717, 1.165) is 24.1 Å². The lowest BCUT2D eigenvalue weighted by Gasteiger charge is -2.15. The van der Waals surface area contributed by atoms with Crippen LogP contribution in [0.1, 0.15) is 46.5 Å². The van der Waals surface area contributed by atoms with E-state index in [1.54, 1.807) is 35.2 Å². The predicted octanol–water partition coefficient (Wildman–Crippen LogP) is 3.64. The van der Waals surface area contributed by atoms with Crippen molar-refractivity contribution in [1.82, 2.24) is 5.32 Å². The maximum absolute atomic E-state index is 12.6. The van der Waals surface area contributed by atoms with E-state index in [1.807, 2.05) is 13.0 Å². The number of carbonyl (C=O) groups excluding carboxylic acids is 3. The highest BCUT2D eigenvalue weighted by Crippen LogP contribution is 2.29. The molecule has 146 valence electrons. The highest BCUT2D eigenvalue weighted by molar-refractivity contribution is 6.34. The van der Waals surface area contributed by atoms with Crippen molar-refractivity contribution >= 4 is 40.7 Å². The van der Waals surface area contributed by atoms with Crippen LogP contribution in [0.4, 0.5) is 11.4 Å². The van der Waals surface area contributed by atoms with Crippen molar-refractivity contribution in [2.75, 3.05) is 23.3 Å². The van der Waals surface area contributed by atoms with Gasteiger partial charge in [0.25, 0.3) is 11.8 Å². The minimum atomic E-state index is -0.275. The summed E-state index contributed by atoms with van der Waals surface area (Å²) in [6.07, 6.45) is 1.56. The molecule has 0 fully saturated rings. The van der Waals surface area contributed by atoms with E-state index >= 15 is 0 Å². The summed E-state index contributed by atoms with van der Waals surface area (Å²) in [6, 6.07) is 10.1. The van der Waals surface area contributed by atoms with E-state index in [2.05, 4.69) is 10.6 Å². The minimum Gasteiger partial charge on any atom is -0.352 e. The van der Waals surface area contributed by atoms with Gasteiger partial charge in [0.2, 0.25) is 5.91 Å². The van der Waals surface area contributed by atoms with Crippen LogP contribution in [0, 0.1) is 0 Å². The Bertz CT molecular complexity index is 942. The van der Waals surface area contributed by atoms with Crippen LogP contribution < -0.4 is 15.5 Å². The Hall–Kier alpha value is -2.86. The van der Waals surface area contributed by atoms with Crippen LogP contribution in [0.2, 0.25) is 5.02 Å². The van der Waals surface area contributed by atoms with Crippen molar-refractivity contribution < 1.29 is 14.4 Å². The van der Waals surface area contributed by atoms with Crippen molar-refractivity contribution in [2.45, 2.75) is 26.7 Å². The maximum Gasteiger partial charge on any atom is 0.255 e. The fourth-order valence-electron chi connectivity index (χ4n) is 3.18. The summed E-state index contributed by atoms with van der Waals surface area (Å²) in [5.74, 6) is -0.518. The molecule has 1 heterocycles. The normalized spacial score (nSPS) is 12.5. The first kappa shape index (κ1) is 19.9. The monoisotopic (exact) mass is 399 g/mol. The minimum absolute atomic E-state index is 0.00587. The average Bonchev–Trinajstić information content (AvgIpc) is 3.09. The number of anilines is 2. The van der Waals surface area contributed by atoms with Crippen LogP contribution >= 0.6 is 11.6 Å². The van der Waals surface area contributed by atoms with Gasteiger partial charge in [-0.25, -0.2) is 0 Å². The van der Waals surface area contributed by atoms with Gasteiger partial charge in [0.1, 0.15) is 0 Å². The largest absolute Gasteiger partial charge is 0.352 e. The summed E-state index contributed by atoms with van der Waals surface area (Å²) < 4.78 is 0. The average molecular weight is 400 g/mol. The summed E-state index contributed by atoms with van der Waals surface area (Å²) in [5.41, 5.74) is 3.21. The number of fused-ring (bicyclic) bond motifs is 1. The molecule has 1 aliphatic rings. The lowest BCUT2D eigenvalue weighted by Crippen LogP contribution is -2.25. The van der Waals surface area contributed by atoms with Crippen molar-refractivity contribution in [2.24, 2.45) is 0 Å². The van der Waals surface area contributed by atoms with E-state index in [0.29, 0.717) is 29.9 Å². The lowest BCUT2D eigenvalue weighted by atomic mass is 10.1. The van der Waals surface area contributed by atoms with Gasteiger partial charge in [-0.05, 0) is 54.8 Å². The predicted molar refractivity (Wildman–Crippen MR) is 110 cm³/mol. The summed E-state index contributed by atoms with van der Waals surface area (Å²) in [6.45, 7) is 4.71. The molecule has 7 heteroatoms. The molecule has 2 aromatic rings. The summed E-state index contributed by atoms with van der Waals surface area (Å²) in [7, 11) is 0. The Kier molecular flexibility index (Phi) is 5.99. The molecule has 0 radical (unpaired) electrons. The molecule has 2 aromatic carbocycles. The molecule has 2 N–H and O–H groups in total. The van der Waals surface area contributed by atoms with Gasteiger partial charge in [0.05, 0.1) is 10.6 Å². The van der Waals surface area contributed by atoms with Gasteiger partial charge in [-0.15, -0.1) is 0 Å². The number of nitrogens with one attached hydrogen (secondary N) is 2. The number of rotatable bonds is 5. The Morgan fingerprint density at radius 1 is 1.11 bits per heavy atom. The molecule has 0 saturated carbocycles. The first-order chi connectivity index (χ1) is 13.4. The number of hydrogen-bond donors (Lipinski definition) is 2. The van der Waals surface area contributed by atoms with Crippen LogP contribution in [0.5, 0.6) is 0 Å². The molecule has 1 aliphatic heterocycles. The summed E-state index contributed by atoms with van der Waals surface area (Å²) in [5, 5.41) is 5.85. The first-order valence-electron chi connectivity index (χ1n) is 9.21. The third-order valence-corrected chi connectivity index (χ3v) is 4.94. The van der Waals surface area contributed by atoms with Gasteiger partial charge in [0, 0.05) is 37.0 Å². The lowest BCUT2D eigenvalue weighted by molar-refractivity contribution is -0.116. The van der Waals surface area contributed by atoms with Gasteiger partial charge < -0.3 is 15.5 Å². The SMILES string of the molecule is CCCNC(=O)c1ccc(NC(=O)c2ccc3c(c2)CCN3C(C)=O)cc1Cl. The number of carbonyl (C=O) groups is 3. The molecule has 28 heavy (non-hydrogen) atoms. The molecule has 0 unspecified atom stereocenters. The zero-order valence-corrected chi connectivity index (χ0v) is 16.6. The zero-order chi connectivity index (χ0) is 20.3. The van der Waals surface area contributed by atoms with Gasteiger partial charge >= 0.3 is 0 Å². The molecule has 0 aromatic heterocycles. The number of amides is 3. The van der Waals surface area contributed by atoms with Gasteiger partial charge in [-0.1, -0.05) is 18.5 Å². The van der Waals surface area contributed by atoms with Crippen LogP contribution in [0.15, 0.2) is 36.4 Å². The van der Waals surface area contributed by atoms with Crippen molar-refractivity contribution in [1.29, 1.82) is 0 Å². The molecule has 3 amide bonds. The summed E-state index contributed by atoms with van der Waals surface area (Å²) >= 11 is 6.21. The first-order valence-corrected chi connectivity index (χ1v) is 9.58. The maximum atomic E-state index is 12.6. The van der Waals surface area contributed by atoms with Gasteiger partial charge in [-0.2, -0.15) is 0 Å². The molecular weight excluding hydrogens is 378 g/mol. The zero-order valence-electron chi connectivity index (χ0n) is 15.8. The molecule has 0 spiro atoms. The van der Waals surface area contributed by atoms with Crippen molar-refractivity contribution in [3.8, 4) is 0 Å². The van der Waals surface area contributed by atoms with Crippen molar-refractivity contribution in [3.05, 3.63) is 58.1 Å². The molecule has 0 bridgehead atoms. The Morgan fingerprint density at radius 2 is 1.89 bits per heavy atom. The van der Waals surface area contributed by atoms with Crippen LogP contribution in [0.25, 0.3) is 0 Å². The van der Waals surface area contributed by atoms with Crippen molar-refractivity contribution in [3.63, 3.8) is 0 Å². The topological polar surface area (TPSA) is 78.5 Å². The fourth-order valence-corrected chi connectivity index (χ4v) is 3.45. The van der Waals surface area contributed by atoms with E-state index in [-0.39, 0.29) is 22.7 Å². The molecular formula is C21H22ClN3O3. The second kappa shape index (κ2) is 8.44. The highest BCUT2D eigenvalue weighted by atomic mass is 35.5. The van der Waals surface area contributed by atoms with Gasteiger partial charge in [0.15, 0.2) is 0 Å². The number of nitrogens with zero attached hydrogens (tertiary/aromatic N) is 1. The number of hydrogen-bond acceptors (Lipinski definition) is 3. The quantitative estimate of drug-likeness (QED) is 0.805. The Balaban J connectivity index is 1.72. The number of halogens is 1. The van der Waals surface area contributed by atoms with Crippen LogP contribution in [-0.4, -0.2) is 30.8 Å². The van der Waals surface area contributed by atoms with Crippen LogP contribution in [0.3, 0.4) is 0 Å². The fraction of sp³-hybridized carbons (Fsp3) is 0.286. The van der Waals surface area contributed by atoms with E-state index < -0.39 is 0 Å². The molecule has 0 aliphatic carbocycles. The standard InChI is InChI=1S/C21H22ClN3O3/c1-3-9-23-21(28)17-6-5-16(12-18(17)22)24-20(27)15-4-7-19-14(11-15)8-10-25(19)13(2)26/h4-7,11-12H,3,8-10H2,1-2H3,(H,23,28)(H,24,27). The smallest absolute Gasteiger partial charge is 0.255 e. The highest BCUT2D eigenvalue weighted by Gasteiger charge is 2.23. The van der Waals surface area contributed by atoms with Gasteiger partial charge in [-0.3, -0.25) is 14.4 Å². The second-order valence-electron chi connectivity index (χ2n) is 6.67. The molecule has 0 saturated heterocycles. The summed E-state index contributed by atoms with van der Waals surface area (Å²) in [4.78, 5) is 38.0. The molecule has 0 atom stereocenters. The van der Waals surface area contributed by atoms with Crippen LogP contribution in [-0.2, 0) is 11.2 Å². The third kappa shape index (κ3) is 4.17. The second-order valence-corrected chi connectivity index (χ2v) is 7.08. The van der Waals surface area contributed by atoms with E-state index in [4.69, 9.17) is 11.6 Å². The Morgan fingerprint density at radius 3 is 2.57 bits per heavy atom.